The van der Waals surface area contributed by atoms with Crippen LogP contribution in [0, 0.1) is 29.8 Å². The van der Waals surface area contributed by atoms with E-state index in [0.717, 1.165) is 29.0 Å². The molecule has 0 aliphatic rings. The van der Waals surface area contributed by atoms with Crippen molar-refractivity contribution in [2.24, 2.45) is 0 Å². The van der Waals surface area contributed by atoms with Crippen molar-refractivity contribution < 1.29 is 26.1 Å². The fourth-order valence-corrected chi connectivity index (χ4v) is 6.52. The van der Waals surface area contributed by atoms with E-state index in [4.69, 9.17) is 0 Å². The van der Waals surface area contributed by atoms with Gasteiger partial charge in [0.05, 0.1) is 31.0 Å². The molecule has 0 fully saturated rings. The van der Waals surface area contributed by atoms with Crippen molar-refractivity contribution >= 4 is 48.9 Å². The molecule has 0 heterocycles. The van der Waals surface area contributed by atoms with Gasteiger partial charge in [0.15, 0.2) is 0 Å². The highest BCUT2D eigenvalue weighted by atomic mass is 32.2. The number of nitro benzene ring substituents is 1. The fourth-order valence-electron chi connectivity index (χ4n) is 3.43. The van der Waals surface area contributed by atoms with Crippen LogP contribution in [0.1, 0.15) is 11.1 Å². The number of nitrogens with one attached hydrogen (secondary N) is 2. The number of sulfonamides is 2. The Balaban J connectivity index is 1.84. The molecule has 0 aromatic heterocycles. The molecule has 39 heavy (non-hydrogen) atoms. The first kappa shape index (κ1) is 28.1. The van der Waals surface area contributed by atoms with Gasteiger partial charge in [-0.25, -0.2) is 21.2 Å². The molecule has 2 N–H and O–H groups in total. The number of rotatable bonds is 9. The second-order valence-corrected chi connectivity index (χ2v) is 13.0. The number of aryl methyl sites for hydroxylation is 2. The SMILES string of the molecule is Cc1ccc(S(=O)(=O)Nc2cc(Sc3ccc(F)cc3)c([N+](=O)[O-])cc2NS(=O)(=O)c2ccc(C)cc2)cc1. The molecule has 4 rings (SSSR count). The molecule has 0 radical (unpaired) electrons. The van der Waals surface area contributed by atoms with E-state index in [-0.39, 0.29) is 26.1 Å². The van der Waals surface area contributed by atoms with E-state index >= 15 is 0 Å². The Morgan fingerprint density at radius 1 is 0.718 bits per heavy atom. The van der Waals surface area contributed by atoms with Crippen LogP contribution < -0.4 is 9.44 Å². The van der Waals surface area contributed by atoms with Crippen molar-refractivity contribution in [2.45, 2.75) is 33.4 Å². The fraction of sp³-hybridized carbons (Fsp3) is 0.0769. The summed E-state index contributed by atoms with van der Waals surface area (Å²) in [5.41, 5.74) is 0.583. The Kier molecular flexibility index (Phi) is 7.95. The summed E-state index contributed by atoms with van der Waals surface area (Å²) in [5, 5.41) is 12.0. The molecule has 0 bridgehead atoms. The van der Waals surface area contributed by atoms with E-state index in [1.54, 1.807) is 38.1 Å². The molecule has 0 spiro atoms. The first-order chi connectivity index (χ1) is 18.3. The standard InChI is InChI=1S/C26H22FN3O6S3/c1-17-3-11-21(12-4-17)38(33,34)28-23-15-25(30(31)32)26(37-20-9-7-19(27)8-10-20)16-24(23)29-39(35,36)22-13-5-18(2)6-14-22/h3-16,28-29H,1-2H3. The number of halogens is 1. The van der Waals surface area contributed by atoms with Crippen LogP contribution in [0.3, 0.4) is 0 Å². The van der Waals surface area contributed by atoms with Crippen molar-refractivity contribution in [3.05, 3.63) is 112 Å². The van der Waals surface area contributed by atoms with Gasteiger partial charge in [0.1, 0.15) is 5.82 Å². The van der Waals surface area contributed by atoms with Crippen LogP contribution in [0.4, 0.5) is 21.5 Å². The lowest BCUT2D eigenvalue weighted by molar-refractivity contribution is -0.387. The molecule has 0 atom stereocenters. The first-order valence-corrected chi connectivity index (χ1v) is 15.1. The maximum absolute atomic E-state index is 13.4. The molecule has 4 aromatic rings. The molecule has 202 valence electrons. The predicted molar refractivity (Wildman–Crippen MR) is 148 cm³/mol. The summed E-state index contributed by atoms with van der Waals surface area (Å²) in [4.78, 5) is 11.5. The van der Waals surface area contributed by atoms with Crippen molar-refractivity contribution in [1.29, 1.82) is 0 Å². The van der Waals surface area contributed by atoms with Gasteiger partial charge in [0.2, 0.25) is 0 Å². The smallest absolute Gasteiger partial charge is 0.277 e. The van der Waals surface area contributed by atoms with Crippen molar-refractivity contribution in [3.63, 3.8) is 0 Å². The van der Waals surface area contributed by atoms with Gasteiger partial charge < -0.3 is 0 Å². The van der Waals surface area contributed by atoms with E-state index in [1.165, 1.54) is 54.6 Å². The van der Waals surface area contributed by atoms with E-state index in [0.29, 0.717) is 4.90 Å². The monoisotopic (exact) mass is 587 g/mol. The number of nitrogens with zero attached hydrogens (tertiary/aromatic N) is 1. The Hall–Kier alpha value is -3.94. The van der Waals surface area contributed by atoms with Gasteiger partial charge in [-0.2, -0.15) is 0 Å². The van der Waals surface area contributed by atoms with Crippen LogP contribution in [0.15, 0.2) is 105 Å². The zero-order valence-electron chi connectivity index (χ0n) is 20.6. The van der Waals surface area contributed by atoms with Crippen LogP contribution in [0.2, 0.25) is 0 Å². The summed E-state index contributed by atoms with van der Waals surface area (Å²) in [5.74, 6) is -0.499. The van der Waals surface area contributed by atoms with E-state index in [2.05, 4.69) is 9.44 Å². The summed E-state index contributed by atoms with van der Waals surface area (Å²) in [6, 6.07) is 19.2. The molecule has 0 aliphatic carbocycles. The maximum atomic E-state index is 13.4. The zero-order chi connectivity index (χ0) is 28.4. The van der Waals surface area contributed by atoms with Crippen molar-refractivity contribution in [2.75, 3.05) is 9.44 Å². The Morgan fingerprint density at radius 2 is 1.15 bits per heavy atom. The molecule has 0 unspecified atom stereocenters. The Labute approximate surface area is 229 Å². The number of hydrogen-bond donors (Lipinski definition) is 2. The lowest BCUT2D eigenvalue weighted by Crippen LogP contribution is -2.18. The van der Waals surface area contributed by atoms with E-state index < -0.39 is 36.5 Å². The van der Waals surface area contributed by atoms with Gasteiger partial charge in [-0.05, 0) is 68.4 Å². The summed E-state index contributed by atoms with van der Waals surface area (Å²) in [6.07, 6.45) is 0. The Bertz CT molecular complexity index is 1740. The molecular weight excluding hydrogens is 566 g/mol. The lowest BCUT2D eigenvalue weighted by Gasteiger charge is -2.16. The highest BCUT2D eigenvalue weighted by Gasteiger charge is 2.26. The van der Waals surface area contributed by atoms with E-state index in [1.807, 2.05) is 0 Å². The third-order valence-corrected chi connectivity index (χ3v) is 9.31. The summed E-state index contributed by atoms with van der Waals surface area (Å²) >= 11 is 0.893. The summed E-state index contributed by atoms with van der Waals surface area (Å²) < 4.78 is 70.7. The predicted octanol–water partition coefficient (Wildman–Crippen LogP) is 6.10. The van der Waals surface area contributed by atoms with Gasteiger partial charge in [0, 0.05) is 11.0 Å². The van der Waals surface area contributed by atoms with Crippen LogP contribution >= 0.6 is 11.8 Å². The normalized spacial score (nSPS) is 11.7. The molecule has 4 aromatic carbocycles. The number of hydrogen-bond acceptors (Lipinski definition) is 7. The van der Waals surface area contributed by atoms with Gasteiger partial charge in [-0.3, -0.25) is 19.6 Å². The second kappa shape index (κ2) is 11.0. The number of nitro groups is 1. The van der Waals surface area contributed by atoms with Crippen molar-refractivity contribution in [3.8, 4) is 0 Å². The number of benzene rings is 4. The third-order valence-electron chi connectivity index (χ3n) is 5.49. The van der Waals surface area contributed by atoms with Gasteiger partial charge in [0.25, 0.3) is 25.7 Å². The zero-order valence-corrected chi connectivity index (χ0v) is 23.0. The van der Waals surface area contributed by atoms with Gasteiger partial charge in [-0.1, -0.05) is 47.2 Å². The van der Waals surface area contributed by atoms with E-state index in [9.17, 15) is 31.3 Å². The highest BCUT2D eigenvalue weighted by Crippen LogP contribution is 2.41. The Morgan fingerprint density at radius 3 is 1.59 bits per heavy atom. The lowest BCUT2D eigenvalue weighted by atomic mass is 10.2. The van der Waals surface area contributed by atoms with Crippen LogP contribution in [0.25, 0.3) is 0 Å². The molecule has 0 saturated heterocycles. The van der Waals surface area contributed by atoms with Gasteiger partial charge >= 0.3 is 0 Å². The largest absolute Gasteiger partial charge is 0.285 e. The van der Waals surface area contributed by atoms with Crippen molar-refractivity contribution in [1.82, 2.24) is 0 Å². The minimum Gasteiger partial charge on any atom is -0.277 e. The van der Waals surface area contributed by atoms with Gasteiger partial charge in [-0.15, -0.1) is 0 Å². The first-order valence-electron chi connectivity index (χ1n) is 11.3. The summed E-state index contributed by atoms with van der Waals surface area (Å²) in [6.45, 7) is 3.57. The molecule has 0 aliphatic heterocycles. The molecule has 13 heteroatoms. The molecule has 9 nitrogen and oxygen atoms in total. The maximum Gasteiger partial charge on any atom is 0.285 e. The number of anilines is 2. The van der Waals surface area contributed by atoms with Crippen LogP contribution in [0.5, 0.6) is 0 Å². The molecule has 0 amide bonds. The minimum absolute atomic E-state index is 0.00602. The second-order valence-electron chi connectivity index (χ2n) is 8.52. The average molecular weight is 588 g/mol. The quantitative estimate of drug-likeness (QED) is 0.178. The van der Waals surface area contributed by atoms with Crippen LogP contribution in [-0.4, -0.2) is 21.8 Å². The molecular formula is C26H22FN3O6S3. The minimum atomic E-state index is -4.25. The molecule has 0 saturated carbocycles. The summed E-state index contributed by atoms with van der Waals surface area (Å²) in [7, 11) is -8.47. The third kappa shape index (κ3) is 6.74. The topological polar surface area (TPSA) is 135 Å². The van der Waals surface area contributed by atoms with Crippen LogP contribution in [-0.2, 0) is 20.0 Å². The highest BCUT2D eigenvalue weighted by molar-refractivity contribution is 7.99. The average Bonchev–Trinajstić information content (AvgIpc) is 2.87.